The van der Waals surface area contributed by atoms with E-state index in [0.717, 1.165) is 43.7 Å². The Morgan fingerprint density at radius 1 is 1.12 bits per heavy atom. The van der Waals surface area contributed by atoms with Gasteiger partial charge in [0.25, 0.3) is 0 Å². The lowest BCUT2D eigenvalue weighted by Gasteiger charge is -2.28. The minimum Gasteiger partial charge on any atom is -0.383 e. The van der Waals surface area contributed by atoms with Crippen LogP contribution < -0.4 is 10.6 Å². The van der Waals surface area contributed by atoms with Crippen LogP contribution in [-0.4, -0.2) is 56.6 Å². The van der Waals surface area contributed by atoms with Crippen LogP contribution in [0.5, 0.6) is 0 Å². The van der Waals surface area contributed by atoms with E-state index >= 15 is 0 Å². The van der Waals surface area contributed by atoms with Crippen molar-refractivity contribution >= 4 is 29.9 Å². The number of halogens is 1. The van der Waals surface area contributed by atoms with Crippen LogP contribution in [-0.2, 0) is 21.5 Å². The van der Waals surface area contributed by atoms with Crippen LogP contribution in [0.2, 0.25) is 0 Å². The summed E-state index contributed by atoms with van der Waals surface area (Å²) >= 11 is 0. The van der Waals surface area contributed by atoms with Gasteiger partial charge in [0, 0.05) is 32.7 Å². The van der Waals surface area contributed by atoms with Gasteiger partial charge in [-0.1, -0.05) is 60.7 Å². The first-order chi connectivity index (χ1) is 15.2. The van der Waals surface area contributed by atoms with E-state index in [9.17, 15) is 5.11 Å². The zero-order valence-electron chi connectivity index (χ0n) is 18.8. The second kappa shape index (κ2) is 14.5. The van der Waals surface area contributed by atoms with Gasteiger partial charge in [0.15, 0.2) is 5.96 Å². The van der Waals surface area contributed by atoms with Gasteiger partial charge in [-0.25, -0.2) is 4.99 Å². The van der Waals surface area contributed by atoms with Crippen molar-refractivity contribution in [3.05, 3.63) is 71.8 Å². The SMILES string of the molecule is CCNC(=NCC(O)(Cc1ccccc1)c1ccccc1)NCCCOC1CCOC1.I. The lowest BCUT2D eigenvalue weighted by atomic mass is 9.87. The van der Waals surface area contributed by atoms with Crippen LogP contribution in [0.15, 0.2) is 65.7 Å². The molecule has 0 aliphatic carbocycles. The molecule has 6 nitrogen and oxygen atoms in total. The molecule has 0 aromatic heterocycles. The van der Waals surface area contributed by atoms with E-state index in [1.807, 2.05) is 67.6 Å². The second-order valence-corrected chi connectivity index (χ2v) is 7.89. The van der Waals surface area contributed by atoms with Crippen molar-refractivity contribution in [3.63, 3.8) is 0 Å². The van der Waals surface area contributed by atoms with Crippen molar-refractivity contribution in [2.75, 3.05) is 39.5 Å². The highest BCUT2D eigenvalue weighted by molar-refractivity contribution is 14.0. The van der Waals surface area contributed by atoms with E-state index in [-0.39, 0.29) is 36.6 Å². The van der Waals surface area contributed by atoms with Crippen LogP contribution >= 0.6 is 24.0 Å². The summed E-state index contributed by atoms with van der Waals surface area (Å²) in [6.45, 7) is 6.00. The fourth-order valence-electron chi connectivity index (χ4n) is 3.66. The molecule has 7 heteroatoms. The standard InChI is InChI=1S/C25H35N3O3.HI/c1-2-26-24(27-15-9-16-31-23-14-17-30-19-23)28-20-25(29,22-12-7-4-8-13-22)18-21-10-5-3-6-11-21;/h3-8,10-13,23,29H,2,9,14-20H2,1H3,(H2,26,27,28);1H. The summed E-state index contributed by atoms with van der Waals surface area (Å²) < 4.78 is 11.2. The number of nitrogens with zero attached hydrogens (tertiary/aromatic N) is 1. The average molecular weight is 553 g/mol. The third kappa shape index (κ3) is 8.69. The van der Waals surface area contributed by atoms with E-state index in [4.69, 9.17) is 14.5 Å². The molecule has 2 unspecified atom stereocenters. The number of aliphatic imine (C=N–C) groups is 1. The molecule has 2 aromatic rings. The van der Waals surface area contributed by atoms with Gasteiger partial charge in [-0.2, -0.15) is 0 Å². The maximum atomic E-state index is 11.6. The van der Waals surface area contributed by atoms with Crippen LogP contribution in [0.1, 0.15) is 30.9 Å². The van der Waals surface area contributed by atoms with Crippen LogP contribution in [0.25, 0.3) is 0 Å². The fraction of sp³-hybridized carbons (Fsp3) is 0.480. The van der Waals surface area contributed by atoms with Gasteiger partial charge in [-0.15, -0.1) is 24.0 Å². The molecule has 176 valence electrons. The quantitative estimate of drug-likeness (QED) is 0.172. The molecule has 2 atom stereocenters. The van der Waals surface area contributed by atoms with Crippen LogP contribution in [0.3, 0.4) is 0 Å². The molecule has 1 aliphatic heterocycles. The summed E-state index contributed by atoms with van der Waals surface area (Å²) in [5, 5.41) is 18.2. The largest absolute Gasteiger partial charge is 0.383 e. The molecule has 3 rings (SSSR count). The third-order valence-corrected chi connectivity index (χ3v) is 5.35. The Balaban J connectivity index is 0.00000363. The van der Waals surface area contributed by atoms with Gasteiger partial charge >= 0.3 is 0 Å². The van der Waals surface area contributed by atoms with Gasteiger partial charge in [-0.05, 0) is 30.9 Å². The van der Waals surface area contributed by atoms with Gasteiger partial charge in [0.2, 0.25) is 0 Å². The number of rotatable bonds is 11. The first-order valence-corrected chi connectivity index (χ1v) is 11.2. The normalized spacial score (nSPS) is 17.9. The Kier molecular flexibility index (Phi) is 12.0. The van der Waals surface area contributed by atoms with Crippen LogP contribution in [0, 0.1) is 0 Å². The molecular weight excluding hydrogens is 517 g/mol. The maximum absolute atomic E-state index is 11.6. The van der Waals surface area contributed by atoms with Crippen molar-refractivity contribution in [1.29, 1.82) is 0 Å². The predicted molar refractivity (Wildman–Crippen MR) is 140 cm³/mol. The first kappa shape index (κ1) is 26.6. The molecule has 0 radical (unpaired) electrons. The van der Waals surface area contributed by atoms with Crippen molar-refractivity contribution < 1.29 is 14.6 Å². The average Bonchev–Trinajstić information content (AvgIpc) is 3.32. The van der Waals surface area contributed by atoms with Crippen molar-refractivity contribution in [1.82, 2.24) is 10.6 Å². The Morgan fingerprint density at radius 2 is 1.84 bits per heavy atom. The highest BCUT2D eigenvalue weighted by Crippen LogP contribution is 2.26. The highest BCUT2D eigenvalue weighted by atomic mass is 127. The summed E-state index contributed by atoms with van der Waals surface area (Å²) in [5.74, 6) is 0.703. The number of benzene rings is 2. The number of guanidine groups is 1. The van der Waals surface area contributed by atoms with Crippen LogP contribution in [0.4, 0.5) is 0 Å². The van der Waals surface area contributed by atoms with E-state index < -0.39 is 5.60 Å². The van der Waals surface area contributed by atoms with Crippen molar-refractivity contribution in [2.24, 2.45) is 4.99 Å². The zero-order chi connectivity index (χ0) is 21.8. The molecule has 1 saturated heterocycles. The van der Waals surface area contributed by atoms with Crippen molar-refractivity contribution in [2.45, 2.75) is 37.9 Å². The monoisotopic (exact) mass is 553 g/mol. The number of aliphatic hydroxyl groups is 1. The van der Waals surface area contributed by atoms with Gasteiger partial charge in [-0.3, -0.25) is 0 Å². The lowest BCUT2D eigenvalue weighted by Crippen LogP contribution is -2.40. The number of ether oxygens (including phenoxy) is 2. The summed E-state index contributed by atoms with van der Waals surface area (Å²) in [4.78, 5) is 4.72. The zero-order valence-corrected chi connectivity index (χ0v) is 21.2. The maximum Gasteiger partial charge on any atom is 0.191 e. The van der Waals surface area contributed by atoms with Gasteiger partial charge in [0.05, 0.1) is 19.3 Å². The smallest absolute Gasteiger partial charge is 0.191 e. The van der Waals surface area contributed by atoms with Gasteiger partial charge in [0.1, 0.15) is 5.60 Å². The number of hydrogen-bond donors (Lipinski definition) is 3. The third-order valence-electron chi connectivity index (χ3n) is 5.35. The topological polar surface area (TPSA) is 75.1 Å². The summed E-state index contributed by atoms with van der Waals surface area (Å²) in [5.41, 5.74) is 0.858. The number of hydrogen-bond acceptors (Lipinski definition) is 4. The molecule has 3 N–H and O–H groups in total. The molecule has 0 amide bonds. The highest BCUT2D eigenvalue weighted by Gasteiger charge is 2.29. The molecule has 0 spiro atoms. The molecule has 0 saturated carbocycles. The van der Waals surface area contributed by atoms with Gasteiger partial charge < -0.3 is 25.2 Å². The Bertz CT molecular complexity index is 786. The Hall–Kier alpha value is -1.68. The molecule has 32 heavy (non-hydrogen) atoms. The molecule has 1 aliphatic rings. The molecule has 1 heterocycles. The first-order valence-electron chi connectivity index (χ1n) is 11.2. The fourth-order valence-corrected chi connectivity index (χ4v) is 3.66. The summed E-state index contributed by atoms with van der Waals surface area (Å²) in [6, 6.07) is 19.8. The summed E-state index contributed by atoms with van der Waals surface area (Å²) in [6.07, 6.45) is 2.60. The summed E-state index contributed by atoms with van der Waals surface area (Å²) in [7, 11) is 0. The van der Waals surface area contributed by atoms with E-state index in [0.29, 0.717) is 25.6 Å². The van der Waals surface area contributed by atoms with E-state index in [2.05, 4.69) is 10.6 Å². The Morgan fingerprint density at radius 3 is 2.50 bits per heavy atom. The van der Waals surface area contributed by atoms with Crippen molar-refractivity contribution in [3.8, 4) is 0 Å². The van der Waals surface area contributed by atoms with E-state index in [1.54, 1.807) is 0 Å². The molecule has 0 bridgehead atoms. The minimum atomic E-state index is -1.09. The predicted octanol–water partition coefficient (Wildman–Crippen LogP) is 3.49. The second-order valence-electron chi connectivity index (χ2n) is 7.89. The molecule has 2 aromatic carbocycles. The minimum absolute atomic E-state index is 0. The molecular formula is C25H36IN3O3. The lowest BCUT2D eigenvalue weighted by molar-refractivity contribution is 0.0418. The molecule has 1 fully saturated rings. The Labute approximate surface area is 208 Å². The number of nitrogens with one attached hydrogen (secondary N) is 2. The van der Waals surface area contributed by atoms with E-state index in [1.165, 1.54) is 0 Å².